The van der Waals surface area contributed by atoms with Crippen LogP contribution in [0.4, 0.5) is 0 Å². The highest BCUT2D eigenvalue weighted by Crippen LogP contribution is 2.59. The van der Waals surface area contributed by atoms with Crippen LogP contribution >= 0.6 is 69.6 Å². The second kappa shape index (κ2) is 3.47. The van der Waals surface area contributed by atoms with Crippen molar-refractivity contribution < 1.29 is 4.79 Å². The Balaban J connectivity index is 3.14. The van der Waals surface area contributed by atoms with E-state index >= 15 is 0 Å². The maximum absolute atomic E-state index is 11.3. The van der Waals surface area contributed by atoms with Gasteiger partial charge in [-0.3, -0.25) is 4.79 Å². The van der Waals surface area contributed by atoms with Crippen LogP contribution in [0, 0.1) is 0 Å². The zero-order valence-electron chi connectivity index (χ0n) is 6.09. The summed E-state index contributed by atoms with van der Waals surface area (Å²) < 4.78 is -5.38. The molecule has 76 valence electrons. The Labute approximate surface area is 106 Å². The maximum Gasteiger partial charge on any atom is 0.211 e. The summed E-state index contributed by atoms with van der Waals surface area (Å²) in [7, 11) is 0. The SMILES string of the molecule is O=C1CCC(Cl)(Cl)C(Cl)(Cl)C1(Cl)Cl. The van der Waals surface area contributed by atoms with Crippen molar-refractivity contribution >= 4 is 75.4 Å². The van der Waals surface area contributed by atoms with Crippen LogP contribution in [-0.4, -0.2) is 18.8 Å². The molecule has 0 N–H and O–H groups in total. The van der Waals surface area contributed by atoms with E-state index in [1.165, 1.54) is 0 Å². The highest BCUT2D eigenvalue weighted by molar-refractivity contribution is 6.74. The molecule has 0 saturated heterocycles. The van der Waals surface area contributed by atoms with E-state index in [9.17, 15) is 4.79 Å². The van der Waals surface area contributed by atoms with E-state index in [0.29, 0.717) is 0 Å². The van der Waals surface area contributed by atoms with Gasteiger partial charge in [0.25, 0.3) is 0 Å². The molecule has 0 aromatic rings. The molecular formula is C6H4Cl6O. The number of carbonyl (C=O) groups excluding carboxylic acids is 1. The Morgan fingerprint density at radius 1 is 1.00 bits per heavy atom. The lowest BCUT2D eigenvalue weighted by molar-refractivity contribution is -0.121. The van der Waals surface area contributed by atoms with Crippen LogP contribution in [0.15, 0.2) is 0 Å². The first-order chi connectivity index (χ1) is 5.63. The van der Waals surface area contributed by atoms with Crippen LogP contribution in [-0.2, 0) is 4.79 Å². The van der Waals surface area contributed by atoms with Crippen molar-refractivity contribution in [2.24, 2.45) is 0 Å². The molecule has 13 heavy (non-hydrogen) atoms. The third-order valence-corrected chi connectivity index (χ3v) is 5.79. The van der Waals surface area contributed by atoms with Gasteiger partial charge in [0.05, 0.1) is 0 Å². The highest BCUT2D eigenvalue weighted by atomic mass is 35.5. The molecule has 1 aliphatic carbocycles. The van der Waals surface area contributed by atoms with Gasteiger partial charge >= 0.3 is 0 Å². The molecule has 1 fully saturated rings. The van der Waals surface area contributed by atoms with Crippen LogP contribution in [0.3, 0.4) is 0 Å². The molecule has 0 aromatic heterocycles. The molecule has 0 amide bonds. The third-order valence-electron chi connectivity index (χ3n) is 1.87. The third kappa shape index (κ3) is 1.77. The van der Waals surface area contributed by atoms with Crippen molar-refractivity contribution in [1.82, 2.24) is 0 Å². The summed E-state index contributed by atoms with van der Waals surface area (Å²) in [5, 5.41) is 0. The molecule has 0 unspecified atom stereocenters. The molecule has 1 rings (SSSR count). The van der Waals surface area contributed by atoms with E-state index in [4.69, 9.17) is 69.6 Å². The maximum atomic E-state index is 11.3. The van der Waals surface area contributed by atoms with Gasteiger partial charge in [-0.05, 0) is 6.42 Å². The van der Waals surface area contributed by atoms with E-state index in [-0.39, 0.29) is 12.8 Å². The topological polar surface area (TPSA) is 17.1 Å². The lowest BCUT2D eigenvalue weighted by atomic mass is 9.96. The zero-order chi connectivity index (χ0) is 10.5. The Morgan fingerprint density at radius 2 is 1.46 bits per heavy atom. The van der Waals surface area contributed by atoms with Gasteiger partial charge in [0, 0.05) is 6.42 Å². The van der Waals surface area contributed by atoms with Crippen LogP contribution in [0.5, 0.6) is 0 Å². The Bertz CT molecular complexity index is 246. The van der Waals surface area contributed by atoms with Gasteiger partial charge < -0.3 is 0 Å². The smallest absolute Gasteiger partial charge is 0.211 e. The number of rotatable bonds is 0. The molecule has 0 atom stereocenters. The van der Waals surface area contributed by atoms with Gasteiger partial charge in [-0.1, -0.05) is 69.6 Å². The van der Waals surface area contributed by atoms with Gasteiger partial charge in [-0.2, -0.15) is 0 Å². The number of alkyl halides is 6. The molecule has 0 spiro atoms. The van der Waals surface area contributed by atoms with Gasteiger partial charge in [0.15, 0.2) is 14.4 Å². The summed E-state index contributed by atoms with van der Waals surface area (Å²) in [5.41, 5.74) is 0. The second-order valence-electron chi connectivity index (χ2n) is 2.78. The van der Waals surface area contributed by atoms with Gasteiger partial charge in [-0.25, -0.2) is 0 Å². The minimum absolute atomic E-state index is 0.0567. The fraction of sp³-hybridized carbons (Fsp3) is 0.833. The van der Waals surface area contributed by atoms with Crippen molar-refractivity contribution in [3.05, 3.63) is 0 Å². The molecule has 0 bridgehead atoms. The first kappa shape index (κ1) is 12.5. The summed E-state index contributed by atoms with van der Waals surface area (Å²) >= 11 is 34.5. The summed E-state index contributed by atoms with van der Waals surface area (Å²) in [4.78, 5) is 11.3. The molecule has 0 heterocycles. The van der Waals surface area contributed by atoms with Gasteiger partial charge in [0.1, 0.15) is 0 Å². The fourth-order valence-corrected chi connectivity index (χ4v) is 2.57. The summed E-state index contributed by atoms with van der Waals surface area (Å²) in [6.45, 7) is 0. The minimum Gasteiger partial charge on any atom is -0.296 e. The predicted octanol–water partition coefficient (Wildman–Crippen LogP) is 3.87. The van der Waals surface area contributed by atoms with E-state index in [1.807, 2.05) is 0 Å². The van der Waals surface area contributed by atoms with Crippen LogP contribution in [0.1, 0.15) is 12.8 Å². The summed E-state index contributed by atoms with van der Waals surface area (Å²) in [6.07, 6.45) is 0.185. The predicted molar refractivity (Wildman–Crippen MR) is 57.6 cm³/mol. The number of ketones is 1. The van der Waals surface area contributed by atoms with Crippen molar-refractivity contribution in [1.29, 1.82) is 0 Å². The van der Waals surface area contributed by atoms with Crippen LogP contribution in [0.2, 0.25) is 0 Å². The molecule has 1 aliphatic rings. The highest BCUT2D eigenvalue weighted by Gasteiger charge is 2.66. The molecule has 0 aliphatic heterocycles. The Hall–Kier alpha value is 1.41. The largest absolute Gasteiger partial charge is 0.296 e. The molecule has 1 saturated carbocycles. The molecular weight excluding hydrogens is 301 g/mol. The molecule has 7 heteroatoms. The first-order valence-corrected chi connectivity index (χ1v) is 5.56. The standard InChI is InChI=1S/C6H4Cl6O/c7-4(8)2-1-3(13)5(9,10)6(4,11)12/h1-2H2. The van der Waals surface area contributed by atoms with Crippen LogP contribution in [0.25, 0.3) is 0 Å². The quantitative estimate of drug-likeness (QED) is 0.621. The molecule has 0 radical (unpaired) electrons. The van der Waals surface area contributed by atoms with E-state index < -0.39 is 18.8 Å². The Morgan fingerprint density at radius 3 is 1.85 bits per heavy atom. The minimum atomic E-state index is -1.96. The normalized spacial score (nSPS) is 30.2. The molecule has 1 nitrogen and oxygen atoms in total. The Kier molecular flexibility index (Phi) is 3.33. The summed E-state index contributed by atoms with van der Waals surface area (Å²) in [6, 6.07) is 0. The average molecular weight is 305 g/mol. The van der Waals surface area contributed by atoms with Crippen molar-refractivity contribution in [3.8, 4) is 0 Å². The zero-order valence-corrected chi connectivity index (χ0v) is 10.6. The lowest BCUT2D eigenvalue weighted by Gasteiger charge is -2.43. The van der Waals surface area contributed by atoms with E-state index in [2.05, 4.69) is 0 Å². The lowest BCUT2D eigenvalue weighted by Crippen LogP contribution is -2.57. The second-order valence-corrected chi connectivity index (χ2v) is 6.92. The van der Waals surface area contributed by atoms with Crippen molar-refractivity contribution in [2.45, 2.75) is 25.8 Å². The van der Waals surface area contributed by atoms with Crippen LogP contribution < -0.4 is 0 Å². The summed E-state index contributed by atoms with van der Waals surface area (Å²) in [5.74, 6) is -0.474. The van der Waals surface area contributed by atoms with Crippen molar-refractivity contribution in [3.63, 3.8) is 0 Å². The van der Waals surface area contributed by atoms with Crippen molar-refractivity contribution in [2.75, 3.05) is 0 Å². The number of carbonyl (C=O) groups is 1. The van der Waals surface area contributed by atoms with Gasteiger partial charge in [0.2, 0.25) is 4.33 Å². The van der Waals surface area contributed by atoms with E-state index in [0.717, 1.165) is 0 Å². The monoisotopic (exact) mass is 302 g/mol. The molecule has 0 aromatic carbocycles. The fourth-order valence-electron chi connectivity index (χ4n) is 0.989. The number of Topliss-reactive ketones (excluding diaryl/α,β-unsaturated/α-hetero) is 1. The number of halogens is 6. The number of hydrogen-bond acceptors (Lipinski definition) is 1. The number of hydrogen-bond donors (Lipinski definition) is 0. The first-order valence-electron chi connectivity index (χ1n) is 3.30. The van der Waals surface area contributed by atoms with E-state index in [1.54, 1.807) is 0 Å². The average Bonchev–Trinajstić information content (AvgIpc) is 1.97. The van der Waals surface area contributed by atoms with Gasteiger partial charge in [-0.15, -0.1) is 0 Å².